The highest BCUT2D eigenvalue weighted by molar-refractivity contribution is 5.99. The number of hydrogen-bond acceptors (Lipinski definition) is 7. The van der Waals surface area contributed by atoms with Crippen molar-refractivity contribution in [1.29, 1.82) is 0 Å². The van der Waals surface area contributed by atoms with Crippen LogP contribution in [0.5, 0.6) is 0 Å². The summed E-state index contributed by atoms with van der Waals surface area (Å²) in [6, 6.07) is 9.19. The Hall–Kier alpha value is -3.75. The monoisotopic (exact) mass is 418 g/mol. The highest BCUT2D eigenvalue weighted by Crippen LogP contribution is 2.28. The van der Waals surface area contributed by atoms with E-state index in [0.29, 0.717) is 29.2 Å². The molecule has 158 valence electrons. The molecule has 1 N–H and O–H groups in total. The number of likely N-dealkylation sites (tertiary alicyclic amines) is 1. The number of piperidine rings is 1. The lowest BCUT2D eigenvalue weighted by molar-refractivity contribution is 0.0533. The van der Waals surface area contributed by atoms with E-state index in [-0.39, 0.29) is 30.6 Å². The van der Waals surface area contributed by atoms with E-state index < -0.39 is 0 Å². The Labute approximate surface area is 179 Å². The van der Waals surface area contributed by atoms with Gasteiger partial charge in [-0.15, -0.1) is 0 Å². The topological polar surface area (TPSA) is 102 Å². The number of anilines is 1. The second-order valence-electron chi connectivity index (χ2n) is 7.83. The molecule has 1 saturated heterocycles. The molecule has 9 nitrogen and oxygen atoms in total. The van der Waals surface area contributed by atoms with Gasteiger partial charge in [0.05, 0.1) is 23.6 Å². The highest BCUT2D eigenvalue weighted by Gasteiger charge is 2.33. The zero-order chi connectivity index (χ0) is 21.4. The van der Waals surface area contributed by atoms with Crippen LogP contribution in [-0.4, -0.2) is 55.4 Å². The molecule has 2 unspecified atom stereocenters. The first-order valence-corrected chi connectivity index (χ1v) is 10.3. The zero-order valence-electron chi connectivity index (χ0n) is 17.1. The van der Waals surface area contributed by atoms with Crippen molar-refractivity contribution in [2.45, 2.75) is 38.5 Å². The van der Waals surface area contributed by atoms with Crippen LogP contribution in [0, 0.1) is 0 Å². The Morgan fingerprint density at radius 3 is 2.77 bits per heavy atom. The van der Waals surface area contributed by atoms with E-state index in [4.69, 9.17) is 4.74 Å². The van der Waals surface area contributed by atoms with Crippen molar-refractivity contribution in [2.75, 3.05) is 11.9 Å². The van der Waals surface area contributed by atoms with Gasteiger partial charge in [0.2, 0.25) is 0 Å². The van der Waals surface area contributed by atoms with Gasteiger partial charge < -0.3 is 15.0 Å². The fourth-order valence-electron chi connectivity index (χ4n) is 4.20. The largest absolute Gasteiger partial charge is 0.457 e. The number of fused-ring (bicyclic) bond motifs is 1. The van der Waals surface area contributed by atoms with Crippen molar-refractivity contribution in [3.8, 4) is 5.69 Å². The van der Waals surface area contributed by atoms with Crippen LogP contribution in [-0.2, 0) is 11.3 Å². The van der Waals surface area contributed by atoms with E-state index in [2.05, 4.69) is 27.4 Å². The second kappa shape index (κ2) is 7.82. The first-order chi connectivity index (χ1) is 15.1. The molecular formula is C22H22N6O3. The minimum absolute atomic E-state index is 0.0254. The van der Waals surface area contributed by atoms with Crippen LogP contribution in [0.3, 0.4) is 0 Å². The van der Waals surface area contributed by atoms with Gasteiger partial charge in [-0.3, -0.25) is 4.79 Å². The molecule has 4 heterocycles. The maximum Gasteiger partial charge on any atom is 0.342 e. The van der Waals surface area contributed by atoms with Crippen molar-refractivity contribution in [3.05, 3.63) is 65.6 Å². The number of carbonyl (C=O) groups is 2. The molecule has 0 radical (unpaired) electrons. The fourth-order valence-corrected chi connectivity index (χ4v) is 4.20. The van der Waals surface area contributed by atoms with Crippen molar-refractivity contribution >= 4 is 17.7 Å². The summed E-state index contributed by atoms with van der Waals surface area (Å²) in [5.41, 5.74) is 2.52. The molecule has 0 saturated carbocycles. The first kappa shape index (κ1) is 19.2. The van der Waals surface area contributed by atoms with Crippen LogP contribution in [0.1, 0.15) is 46.0 Å². The maximum absolute atomic E-state index is 13.5. The van der Waals surface area contributed by atoms with Crippen LogP contribution in [0.25, 0.3) is 5.69 Å². The third-order valence-corrected chi connectivity index (χ3v) is 5.85. The summed E-state index contributed by atoms with van der Waals surface area (Å²) in [7, 11) is 0. The summed E-state index contributed by atoms with van der Waals surface area (Å²) in [5, 5.41) is 11.7. The fraction of sp³-hybridized carbons (Fsp3) is 0.318. The van der Waals surface area contributed by atoms with E-state index in [1.165, 1.54) is 4.80 Å². The molecule has 2 atom stereocenters. The smallest absolute Gasteiger partial charge is 0.342 e. The maximum atomic E-state index is 13.5. The Kier molecular flexibility index (Phi) is 4.85. The summed E-state index contributed by atoms with van der Waals surface area (Å²) < 4.78 is 5.14. The minimum Gasteiger partial charge on any atom is -0.457 e. The van der Waals surface area contributed by atoms with Crippen molar-refractivity contribution in [3.63, 3.8) is 0 Å². The highest BCUT2D eigenvalue weighted by atomic mass is 16.5. The van der Waals surface area contributed by atoms with Gasteiger partial charge in [-0.2, -0.15) is 15.0 Å². The van der Waals surface area contributed by atoms with Crippen LogP contribution in [0.2, 0.25) is 0 Å². The number of aromatic nitrogens is 4. The van der Waals surface area contributed by atoms with E-state index in [1.54, 1.807) is 30.7 Å². The summed E-state index contributed by atoms with van der Waals surface area (Å²) in [6.45, 7) is 2.83. The summed E-state index contributed by atoms with van der Waals surface area (Å²) in [6.07, 6.45) is 6.55. The second-order valence-corrected chi connectivity index (χ2v) is 7.83. The Morgan fingerprint density at radius 2 is 1.94 bits per heavy atom. The van der Waals surface area contributed by atoms with Gasteiger partial charge in [-0.05, 0) is 38.0 Å². The van der Waals surface area contributed by atoms with Crippen molar-refractivity contribution in [1.82, 2.24) is 24.9 Å². The lowest BCUT2D eigenvalue weighted by Crippen LogP contribution is -2.50. The predicted molar refractivity (Wildman–Crippen MR) is 112 cm³/mol. The van der Waals surface area contributed by atoms with Gasteiger partial charge in [-0.1, -0.05) is 12.1 Å². The lowest BCUT2D eigenvalue weighted by Gasteiger charge is -2.38. The Bertz CT molecular complexity index is 1130. The van der Waals surface area contributed by atoms with Crippen LogP contribution in [0.4, 0.5) is 5.82 Å². The molecule has 2 aromatic heterocycles. The molecule has 0 spiro atoms. The molecule has 1 fully saturated rings. The minimum atomic E-state index is -0.358. The number of carbonyl (C=O) groups excluding carboxylic acids is 2. The molecular weight excluding hydrogens is 396 g/mol. The van der Waals surface area contributed by atoms with E-state index >= 15 is 0 Å². The molecule has 31 heavy (non-hydrogen) atoms. The number of pyridine rings is 1. The lowest BCUT2D eigenvalue weighted by atomic mass is 9.97. The molecule has 1 aromatic carbocycles. The van der Waals surface area contributed by atoms with Gasteiger partial charge in [0, 0.05) is 30.4 Å². The SMILES string of the molecule is CC1CCC(Nc2nccc3c2C(=O)OC3)CN1C(=O)c1ccccc1-n1nccn1. The number of amides is 1. The molecule has 1 amide bonds. The van der Waals surface area contributed by atoms with Gasteiger partial charge in [-0.25, -0.2) is 9.78 Å². The van der Waals surface area contributed by atoms with Crippen LogP contribution in [0.15, 0.2) is 48.9 Å². The van der Waals surface area contributed by atoms with Crippen molar-refractivity contribution < 1.29 is 14.3 Å². The van der Waals surface area contributed by atoms with Gasteiger partial charge in [0.15, 0.2) is 0 Å². The number of para-hydroxylation sites is 1. The van der Waals surface area contributed by atoms with Crippen LogP contribution >= 0.6 is 0 Å². The molecule has 0 aliphatic carbocycles. The van der Waals surface area contributed by atoms with Gasteiger partial charge >= 0.3 is 5.97 Å². The average molecular weight is 418 g/mol. The van der Waals surface area contributed by atoms with E-state index in [9.17, 15) is 9.59 Å². The van der Waals surface area contributed by atoms with Crippen molar-refractivity contribution in [2.24, 2.45) is 0 Å². The number of hydrogen-bond donors (Lipinski definition) is 1. The van der Waals surface area contributed by atoms with Gasteiger partial charge in [0.25, 0.3) is 5.91 Å². The molecule has 2 aliphatic rings. The Morgan fingerprint density at radius 1 is 1.13 bits per heavy atom. The predicted octanol–water partition coefficient (Wildman–Crippen LogP) is 2.44. The standard InChI is InChI=1S/C22H22N6O3/c1-14-6-7-16(26-20-19-15(8-9-23-20)13-31-22(19)30)12-27(14)21(29)17-4-2-3-5-18(17)28-24-10-11-25-28/h2-5,8-11,14,16H,6-7,12-13H2,1H3,(H,23,26). The zero-order valence-corrected chi connectivity index (χ0v) is 17.1. The summed E-state index contributed by atoms with van der Waals surface area (Å²) in [5.74, 6) is 0.0917. The molecule has 3 aromatic rings. The summed E-state index contributed by atoms with van der Waals surface area (Å²) in [4.78, 5) is 33.3. The molecule has 5 rings (SSSR count). The number of nitrogens with zero attached hydrogens (tertiary/aromatic N) is 5. The molecule has 0 bridgehead atoms. The average Bonchev–Trinajstić information content (AvgIpc) is 3.45. The molecule has 9 heteroatoms. The first-order valence-electron chi connectivity index (χ1n) is 10.3. The number of cyclic esters (lactones) is 1. The van der Waals surface area contributed by atoms with E-state index in [0.717, 1.165) is 18.4 Å². The quantitative estimate of drug-likeness (QED) is 0.649. The third-order valence-electron chi connectivity index (χ3n) is 5.85. The molecule has 2 aliphatic heterocycles. The third kappa shape index (κ3) is 3.52. The number of benzene rings is 1. The number of rotatable bonds is 4. The summed E-state index contributed by atoms with van der Waals surface area (Å²) >= 11 is 0. The number of esters is 1. The van der Waals surface area contributed by atoms with Gasteiger partial charge in [0.1, 0.15) is 18.0 Å². The van der Waals surface area contributed by atoms with E-state index in [1.807, 2.05) is 23.1 Å². The Balaban J connectivity index is 1.39. The normalized spacial score (nSPS) is 20.3. The van der Waals surface area contributed by atoms with Crippen LogP contribution < -0.4 is 5.32 Å². The number of nitrogens with one attached hydrogen (secondary N) is 1. The number of ether oxygens (including phenoxy) is 1.